The highest BCUT2D eigenvalue weighted by Crippen LogP contribution is 2.59. The zero-order valence-electron chi connectivity index (χ0n) is 18.1. The number of rotatable bonds is 6. The quantitative estimate of drug-likeness (QED) is 0.615. The summed E-state index contributed by atoms with van der Waals surface area (Å²) in [5.74, 6) is 0.458. The minimum Gasteiger partial charge on any atom is -0.302 e. The predicted molar refractivity (Wildman–Crippen MR) is 115 cm³/mol. The summed E-state index contributed by atoms with van der Waals surface area (Å²) in [6.45, 7) is 4.78. The fourth-order valence-electron chi connectivity index (χ4n) is 5.03. The molecule has 33 heavy (non-hydrogen) atoms. The summed E-state index contributed by atoms with van der Waals surface area (Å²) in [5.41, 5.74) is 0.540. The Morgan fingerprint density at radius 2 is 1.91 bits per heavy atom. The molecule has 10 heteroatoms. The van der Waals surface area contributed by atoms with Crippen LogP contribution in [-0.4, -0.2) is 43.9 Å². The molecule has 1 aliphatic carbocycles. The number of aryl methyl sites for hydroxylation is 2. The molecule has 1 aliphatic heterocycles. The standard InChI is InChI=1S/C23H24F3N5O2/c1-15-10-27-31(11-15)19-13-30(21(33)28-20(19)32)8-2-7-29-12-18-9-22(18,14-29)16-3-5-17(6-4-16)23(24,25)26/h3-6,10-11,13,18H,2,7-9,12,14H2,1H3,(H,28,32,33)/t18-,22+/m0/s1. The highest BCUT2D eigenvalue weighted by molar-refractivity contribution is 5.39. The van der Waals surface area contributed by atoms with Crippen LogP contribution in [0.1, 0.15) is 29.5 Å². The largest absolute Gasteiger partial charge is 0.416 e. The molecule has 2 fully saturated rings. The van der Waals surface area contributed by atoms with Crippen LogP contribution in [0, 0.1) is 12.8 Å². The Bertz CT molecular complexity index is 1290. The van der Waals surface area contributed by atoms with Gasteiger partial charge in [0.05, 0.1) is 11.8 Å². The van der Waals surface area contributed by atoms with Gasteiger partial charge in [0.15, 0.2) is 0 Å². The van der Waals surface area contributed by atoms with Crippen molar-refractivity contribution in [2.45, 2.75) is 37.9 Å². The van der Waals surface area contributed by atoms with Gasteiger partial charge in [-0.2, -0.15) is 18.3 Å². The minimum atomic E-state index is -4.32. The lowest BCUT2D eigenvalue weighted by molar-refractivity contribution is -0.137. The van der Waals surface area contributed by atoms with E-state index in [1.807, 2.05) is 6.92 Å². The van der Waals surface area contributed by atoms with E-state index in [2.05, 4.69) is 15.0 Å². The van der Waals surface area contributed by atoms with E-state index in [1.165, 1.54) is 27.6 Å². The van der Waals surface area contributed by atoms with Crippen LogP contribution in [-0.2, 0) is 18.1 Å². The Morgan fingerprint density at radius 3 is 2.58 bits per heavy atom. The molecule has 3 aromatic rings. The van der Waals surface area contributed by atoms with Crippen LogP contribution in [0.2, 0.25) is 0 Å². The summed E-state index contributed by atoms with van der Waals surface area (Å²) in [4.78, 5) is 29.1. The van der Waals surface area contributed by atoms with Crippen LogP contribution in [0.3, 0.4) is 0 Å². The van der Waals surface area contributed by atoms with Crippen molar-refractivity contribution < 1.29 is 13.2 Å². The Balaban J connectivity index is 1.22. The second-order valence-electron chi connectivity index (χ2n) is 9.15. The summed E-state index contributed by atoms with van der Waals surface area (Å²) in [7, 11) is 0. The summed E-state index contributed by atoms with van der Waals surface area (Å²) in [6, 6.07) is 5.57. The molecule has 2 aliphatic rings. The van der Waals surface area contributed by atoms with Gasteiger partial charge in [-0.15, -0.1) is 0 Å². The molecule has 0 unspecified atom stereocenters. The molecule has 0 spiro atoms. The predicted octanol–water partition coefficient (Wildman–Crippen LogP) is 2.71. The van der Waals surface area contributed by atoms with Crippen molar-refractivity contribution in [2.24, 2.45) is 5.92 Å². The number of H-pyrrole nitrogens is 1. The third-order valence-electron chi connectivity index (χ3n) is 6.83. The van der Waals surface area contributed by atoms with E-state index < -0.39 is 23.0 Å². The number of benzene rings is 1. The lowest BCUT2D eigenvalue weighted by atomic mass is 9.94. The van der Waals surface area contributed by atoms with E-state index >= 15 is 0 Å². The first kappa shape index (κ1) is 21.7. The highest BCUT2D eigenvalue weighted by Gasteiger charge is 2.60. The fourth-order valence-corrected chi connectivity index (χ4v) is 5.03. The summed E-state index contributed by atoms with van der Waals surface area (Å²) in [5, 5.41) is 4.14. The van der Waals surface area contributed by atoms with Gasteiger partial charge >= 0.3 is 11.9 Å². The molecule has 1 aromatic carbocycles. The molecule has 2 atom stereocenters. The van der Waals surface area contributed by atoms with Crippen LogP contribution in [0.5, 0.6) is 0 Å². The molecular weight excluding hydrogens is 435 g/mol. The SMILES string of the molecule is Cc1cnn(-c2cn(CCCN3C[C@@H]4C[C@]4(c4ccc(C(F)(F)F)cc4)C3)c(=O)[nH]c2=O)c1. The number of hydrogen-bond acceptors (Lipinski definition) is 4. The van der Waals surface area contributed by atoms with Gasteiger partial charge in [-0.1, -0.05) is 12.1 Å². The normalized spacial score (nSPS) is 22.5. The number of piperidine rings is 1. The molecule has 1 saturated heterocycles. The van der Waals surface area contributed by atoms with E-state index in [0.29, 0.717) is 18.9 Å². The Hall–Kier alpha value is -3.14. The number of hydrogen-bond donors (Lipinski definition) is 1. The molecule has 0 amide bonds. The summed E-state index contributed by atoms with van der Waals surface area (Å²) >= 11 is 0. The molecule has 1 N–H and O–H groups in total. The van der Waals surface area contributed by atoms with E-state index in [0.717, 1.165) is 37.2 Å². The Kier molecular flexibility index (Phi) is 5.08. The summed E-state index contributed by atoms with van der Waals surface area (Å²) < 4.78 is 41.5. The molecule has 0 bridgehead atoms. The molecule has 0 radical (unpaired) electrons. The van der Waals surface area contributed by atoms with Crippen molar-refractivity contribution in [3.63, 3.8) is 0 Å². The first-order valence-corrected chi connectivity index (χ1v) is 10.9. The number of halogens is 3. The number of aromatic nitrogens is 4. The van der Waals surface area contributed by atoms with Crippen molar-refractivity contribution in [1.29, 1.82) is 0 Å². The monoisotopic (exact) mass is 459 g/mol. The van der Waals surface area contributed by atoms with Crippen molar-refractivity contribution >= 4 is 0 Å². The van der Waals surface area contributed by atoms with Crippen molar-refractivity contribution in [3.05, 3.63) is 80.4 Å². The Labute approximate surface area is 187 Å². The van der Waals surface area contributed by atoms with Crippen molar-refractivity contribution in [3.8, 4) is 5.69 Å². The van der Waals surface area contributed by atoms with Gasteiger partial charge in [0.1, 0.15) is 5.69 Å². The van der Waals surface area contributed by atoms with Crippen LogP contribution >= 0.6 is 0 Å². The smallest absolute Gasteiger partial charge is 0.302 e. The van der Waals surface area contributed by atoms with Gasteiger partial charge in [-0.05, 0) is 55.5 Å². The lowest BCUT2D eigenvalue weighted by Crippen LogP contribution is -2.33. The molecule has 5 rings (SSSR count). The van der Waals surface area contributed by atoms with Crippen molar-refractivity contribution in [2.75, 3.05) is 19.6 Å². The van der Waals surface area contributed by atoms with Gasteiger partial charge in [-0.3, -0.25) is 14.3 Å². The molecule has 7 nitrogen and oxygen atoms in total. The lowest BCUT2D eigenvalue weighted by Gasteiger charge is -2.21. The maximum atomic E-state index is 12.9. The van der Waals surface area contributed by atoms with Crippen LogP contribution in [0.25, 0.3) is 5.69 Å². The number of aromatic amines is 1. The van der Waals surface area contributed by atoms with Crippen LogP contribution in [0.4, 0.5) is 13.2 Å². The van der Waals surface area contributed by atoms with E-state index in [-0.39, 0.29) is 11.1 Å². The van der Waals surface area contributed by atoms with Crippen molar-refractivity contribution in [1.82, 2.24) is 24.2 Å². The van der Waals surface area contributed by atoms with E-state index in [9.17, 15) is 22.8 Å². The molecule has 1 saturated carbocycles. The highest BCUT2D eigenvalue weighted by atomic mass is 19.4. The number of nitrogens with zero attached hydrogens (tertiary/aromatic N) is 4. The first-order chi connectivity index (χ1) is 15.7. The average molecular weight is 459 g/mol. The molecule has 3 heterocycles. The van der Waals surface area contributed by atoms with Gasteiger partial charge in [0, 0.05) is 37.4 Å². The maximum absolute atomic E-state index is 12.9. The second kappa shape index (κ2) is 7.72. The van der Waals surface area contributed by atoms with Gasteiger partial charge in [0.25, 0.3) is 5.56 Å². The number of nitrogens with one attached hydrogen (secondary N) is 1. The van der Waals surface area contributed by atoms with Crippen LogP contribution in [0.15, 0.2) is 52.4 Å². The third kappa shape index (κ3) is 4.03. The van der Waals surface area contributed by atoms with Crippen LogP contribution < -0.4 is 11.2 Å². The number of likely N-dealkylation sites (tertiary alicyclic amines) is 1. The molecular formula is C23H24F3N5O2. The van der Waals surface area contributed by atoms with E-state index in [1.54, 1.807) is 24.5 Å². The zero-order chi connectivity index (χ0) is 23.4. The minimum absolute atomic E-state index is 0.0515. The Morgan fingerprint density at radius 1 is 1.15 bits per heavy atom. The second-order valence-corrected chi connectivity index (χ2v) is 9.15. The third-order valence-corrected chi connectivity index (χ3v) is 6.83. The van der Waals surface area contributed by atoms with Gasteiger partial charge in [0.2, 0.25) is 0 Å². The van der Waals surface area contributed by atoms with E-state index in [4.69, 9.17) is 0 Å². The number of fused-ring (bicyclic) bond motifs is 1. The average Bonchev–Trinajstić information content (AvgIpc) is 3.09. The fraction of sp³-hybridized carbons (Fsp3) is 0.435. The topological polar surface area (TPSA) is 75.9 Å². The molecule has 2 aromatic heterocycles. The molecule has 174 valence electrons. The number of alkyl halides is 3. The van der Waals surface area contributed by atoms with Gasteiger partial charge < -0.3 is 4.90 Å². The maximum Gasteiger partial charge on any atom is 0.416 e. The van der Waals surface area contributed by atoms with Gasteiger partial charge in [-0.25, -0.2) is 9.48 Å². The zero-order valence-corrected chi connectivity index (χ0v) is 18.1. The first-order valence-electron chi connectivity index (χ1n) is 10.9. The summed E-state index contributed by atoms with van der Waals surface area (Å²) in [6.07, 6.45) is 2.27.